The van der Waals surface area contributed by atoms with Gasteiger partial charge in [0.2, 0.25) is 0 Å². The maximum Gasteiger partial charge on any atom is 0.321 e. The number of aliphatic carboxylic acids is 1. The average molecular weight is 375 g/mol. The quantitative estimate of drug-likeness (QED) is 0.655. The topological polar surface area (TPSA) is 79.3 Å². The van der Waals surface area contributed by atoms with Crippen molar-refractivity contribution in [1.82, 2.24) is 10.3 Å². The first-order valence-electron chi connectivity index (χ1n) is 8.75. The van der Waals surface area contributed by atoms with Crippen LogP contribution >= 0.6 is 11.3 Å². The molecule has 2 N–H and O–H groups in total. The predicted octanol–water partition coefficient (Wildman–Crippen LogP) is 3.63. The molecule has 2 rings (SSSR count). The van der Waals surface area contributed by atoms with Gasteiger partial charge in [-0.25, -0.2) is 4.98 Å². The maximum atomic E-state index is 11.6. The third kappa shape index (κ3) is 5.75. The molecule has 5 nitrogen and oxygen atoms in total. The van der Waals surface area contributed by atoms with Gasteiger partial charge in [-0.05, 0) is 38.3 Å². The Kier molecular flexibility index (Phi) is 7.06. The van der Waals surface area contributed by atoms with Crippen molar-refractivity contribution in [3.8, 4) is 10.6 Å². The van der Waals surface area contributed by atoms with Gasteiger partial charge in [-0.15, -0.1) is 11.3 Å². The third-order valence-corrected chi connectivity index (χ3v) is 4.98. The molecular weight excluding hydrogens is 348 g/mol. The van der Waals surface area contributed by atoms with Crippen molar-refractivity contribution in [1.29, 1.82) is 0 Å². The van der Waals surface area contributed by atoms with E-state index in [2.05, 4.69) is 28.5 Å². The van der Waals surface area contributed by atoms with E-state index < -0.39 is 18.1 Å². The van der Waals surface area contributed by atoms with E-state index in [0.29, 0.717) is 12.3 Å². The SMILES string of the molecule is Cc1cc(C)cc(-c2nc(C[C@H](N[C@H](C=O)CC(C)C)C(=O)O)cs2)c1. The lowest BCUT2D eigenvalue weighted by Crippen LogP contribution is -2.46. The van der Waals surface area contributed by atoms with E-state index in [0.717, 1.165) is 22.6 Å². The molecule has 0 spiro atoms. The summed E-state index contributed by atoms with van der Waals surface area (Å²) in [6.07, 6.45) is 1.65. The summed E-state index contributed by atoms with van der Waals surface area (Å²) in [7, 11) is 0. The number of aromatic nitrogens is 1. The van der Waals surface area contributed by atoms with Crippen molar-refractivity contribution in [3.05, 3.63) is 40.4 Å². The number of carboxylic acid groups (broad SMARTS) is 1. The van der Waals surface area contributed by atoms with Crippen molar-refractivity contribution in [3.63, 3.8) is 0 Å². The van der Waals surface area contributed by atoms with Crippen LogP contribution in [0, 0.1) is 19.8 Å². The molecule has 0 saturated carbocycles. The summed E-state index contributed by atoms with van der Waals surface area (Å²) in [5.41, 5.74) is 4.11. The van der Waals surface area contributed by atoms with Gasteiger partial charge >= 0.3 is 5.97 Å². The van der Waals surface area contributed by atoms with Gasteiger partial charge in [0.05, 0.1) is 11.7 Å². The van der Waals surface area contributed by atoms with E-state index in [1.807, 2.05) is 33.1 Å². The minimum atomic E-state index is -0.971. The second-order valence-corrected chi connectivity index (χ2v) is 8.01. The van der Waals surface area contributed by atoms with Gasteiger partial charge in [-0.2, -0.15) is 0 Å². The number of nitrogens with one attached hydrogen (secondary N) is 1. The maximum absolute atomic E-state index is 11.6. The Balaban J connectivity index is 2.13. The molecule has 0 aliphatic heterocycles. The number of benzene rings is 1. The number of hydrogen-bond donors (Lipinski definition) is 2. The summed E-state index contributed by atoms with van der Waals surface area (Å²) in [6, 6.07) is 4.96. The molecule has 140 valence electrons. The van der Waals surface area contributed by atoms with Crippen molar-refractivity contribution in [2.24, 2.45) is 5.92 Å². The molecule has 1 aromatic heterocycles. The lowest BCUT2D eigenvalue weighted by molar-refractivity contribution is -0.139. The summed E-state index contributed by atoms with van der Waals surface area (Å²) < 4.78 is 0. The van der Waals surface area contributed by atoms with Gasteiger partial charge in [-0.3, -0.25) is 10.1 Å². The second-order valence-electron chi connectivity index (χ2n) is 7.15. The number of aldehydes is 1. The smallest absolute Gasteiger partial charge is 0.321 e. The normalized spacial score (nSPS) is 13.6. The van der Waals surface area contributed by atoms with Crippen LogP contribution in [0.15, 0.2) is 23.6 Å². The highest BCUT2D eigenvalue weighted by Crippen LogP contribution is 2.26. The first-order valence-corrected chi connectivity index (χ1v) is 9.63. The molecule has 0 fully saturated rings. The van der Waals surface area contributed by atoms with Crippen LogP contribution in [-0.4, -0.2) is 34.4 Å². The van der Waals surface area contributed by atoms with Gasteiger partial charge in [0.25, 0.3) is 0 Å². The van der Waals surface area contributed by atoms with Gasteiger partial charge in [0.1, 0.15) is 17.3 Å². The third-order valence-electron chi connectivity index (χ3n) is 4.04. The molecule has 0 radical (unpaired) electrons. The van der Waals surface area contributed by atoms with E-state index in [1.165, 1.54) is 22.5 Å². The minimum Gasteiger partial charge on any atom is -0.480 e. The number of carboxylic acids is 1. The number of rotatable bonds is 9. The van der Waals surface area contributed by atoms with Gasteiger partial charge in [-0.1, -0.05) is 31.0 Å². The number of carbonyl (C=O) groups is 2. The van der Waals surface area contributed by atoms with Gasteiger partial charge < -0.3 is 9.90 Å². The molecule has 26 heavy (non-hydrogen) atoms. The number of aryl methyl sites for hydroxylation is 2. The molecule has 1 heterocycles. The Hall–Kier alpha value is -2.05. The van der Waals surface area contributed by atoms with Crippen LogP contribution in [0.2, 0.25) is 0 Å². The van der Waals surface area contributed by atoms with E-state index in [4.69, 9.17) is 0 Å². The number of carbonyl (C=O) groups excluding carboxylic acids is 1. The van der Waals surface area contributed by atoms with Crippen molar-refractivity contribution >= 4 is 23.6 Å². The summed E-state index contributed by atoms with van der Waals surface area (Å²) in [6.45, 7) is 8.10. The highest BCUT2D eigenvalue weighted by atomic mass is 32.1. The Morgan fingerprint density at radius 2 is 1.92 bits per heavy atom. The summed E-state index contributed by atoms with van der Waals surface area (Å²) in [5, 5.41) is 15.2. The van der Waals surface area contributed by atoms with Crippen molar-refractivity contribution < 1.29 is 14.7 Å². The van der Waals surface area contributed by atoms with Crippen LogP contribution in [0.1, 0.15) is 37.1 Å². The fourth-order valence-electron chi connectivity index (χ4n) is 2.99. The van der Waals surface area contributed by atoms with Gasteiger partial charge in [0.15, 0.2) is 0 Å². The Morgan fingerprint density at radius 3 is 2.46 bits per heavy atom. The van der Waals surface area contributed by atoms with Crippen LogP contribution < -0.4 is 5.32 Å². The van der Waals surface area contributed by atoms with Crippen LogP contribution in [0.4, 0.5) is 0 Å². The molecule has 2 atom stereocenters. The highest BCUT2D eigenvalue weighted by molar-refractivity contribution is 7.13. The first kappa shape index (κ1) is 20.3. The molecule has 2 aromatic rings. The molecule has 0 bridgehead atoms. The zero-order valence-corrected chi connectivity index (χ0v) is 16.5. The lowest BCUT2D eigenvalue weighted by atomic mass is 10.0. The summed E-state index contributed by atoms with van der Waals surface area (Å²) >= 11 is 1.51. The standard InChI is InChI=1S/C20H26N2O3S/c1-12(2)5-16(10-23)21-18(20(24)25)9-17-11-26-19(22-17)15-7-13(3)6-14(4)8-15/h6-8,10-12,16,18,21H,5,9H2,1-4H3,(H,24,25)/t16-,18-/m0/s1. The number of hydrogen-bond acceptors (Lipinski definition) is 5. The molecule has 0 amide bonds. The van der Waals surface area contributed by atoms with E-state index >= 15 is 0 Å². The van der Waals surface area contributed by atoms with E-state index in [-0.39, 0.29) is 6.42 Å². The Morgan fingerprint density at radius 1 is 1.27 bits per heavy atom. The molecular formula is C20H26N2O3S. The molecule has 0 aliphatic carbocycles. The molecule has 1 aromatic carbocycles. The van der Waals surface area contributed by atoms with Crippen LogP contribution in [0.25, 0.3) is 10.6 Å². The molecule has 0 saturated heterocycles. The largest absolute Gasteiger partial charge is 0.480 e. The second kappa shape index (κ2) is 9.05. The zero-order chi connectivity index (χ0) is 19.3. The van der Waals surface area contributed by atoms with E-state index in [1.54, 1.807) is 0 Å². The fourth-order valence-corrected chi connectivity index (χ4v) is 3.81. The first-order chi connectivity index (χ1) is 12.3. The average Bonchev–Trinajstić information content (AvgIpc) is 3.00. The zero-order valence-electron chi connectivity index (χ0n) is 15.7. The summed E-state index contributed by atoms with van der Waals surface area (Å²) in [4.78, 5) is 27.4. The van der Waals surface area contributed by atoms with Gasteiger partial charge in [0, 0.05) is 17.4 Å². The van der Waals surface area contributed by atoms with Crippen LogP contribution in [-0.2, 0) is 16.0 Å². The van der Waals surface area contributed by atoms with Crippen molar-refractivity contribution in [2.75, 3.05) is 0 Å². The highest BCUT2D eigenvalue weighted by Gasteiger charge is 2.23. The number of nitrogens with zero attached hydrogens (tertiary/aromatic N) is 1. The fraction of sp³-hybridized carbons (Fsp3) is 0.450. The molecule has 0 aliphatic rings. The monoisotopic (exact) mass is 374 g/mol. The molecule has 0 unspecified atom stereocenters. The van der Waals surface area contributed by atoms with Crippen molar-refractivity contribution in [2.45, 2.75) is 52.6 Å². The van der Waals surface area contributed by atoms with Crippen LogP contribution in [0.5, 0.6) is 0 Å². The number of thiazole rings is 1. The van der Waals surface area contributed by atoms with E-state index in [9.17, 15) is 14.7 Å². The molecule has 6 heteroatoms. The summed E-state index contributed by atoms with van der Waals surface area (Å²) in [5.74, 6) is -0.663. The predicted molar refractivity (Wildman–Crippen MR) is 105 cm³/mol. The van der Waals surface area contributed by atoms with Crippen LogP contribution in [0.3, 0.4) is 0 Å². The minimum absolute atomic E-state index is 0.249. The Bertz CT molecular complexity index is 750. The Labute approximate surface area is 158 Å². The lowest BCUT2D eigenvalue weighted by Gasteiger charge is -2.20.